The molecule has 0 amide bonds. The third-order valence-electron chi connectivity index (χ3n) is 2.78. The summed E-state index contributed by atoms with van der Waals surface area (Å²) in [5, 5.41) is 3.33. The highest BCUT2D eigenvalue weighted by atomic mass is 16.5. The normalized spacial score (nSPS) is 14.9. The van der Waals surface area contributed by atoms with Gasteiger partial charge in [-0.15, -0.1) is 0 Å². The maximum atomic E-state index is 5.38. The van der Waals surface area contributed by atoms with Crippen LogP contribution in [-0.2, 0) is 11.3 Å². The van der Waals surface area contributed by atoms with Crippen LogP contribution in [0.1, 0.15) is 50.5 Å². The zero-order chi connectivity index (χ0) is 12.1. The number of nitrogens with one attached hydrogen (secondary N) is 1. The Bertz CT molecular complexity index is 337. The topological polar surface area (TPSA) is 47.0 Å². The molecule has 1 saturated carbocycles. The molecule has 1 N–H and O–H groups in total. The van der Waals surface area contributed by atoms with Crippen LogP contribution in [0.5, 0.6) is 0 Å². The van der Waals surface area contributed by atoms with Crippen molar-refractivity contribution >= 4 is 5.82 Å². The van der Waals surface area contributed by atoms with Gasteiger partial charge in [-0.05, 0) is 26.2 Å². The van der Waals surface area contributed by atoms with Crippen molar-refractivity contribution in [1.29, 1.82) is 0 Å². The Balaban J connectivity index is 2.10. The second-order valence-corrected chi connectivity index (χ2v) is 4.43. The van der Waals surface area contributed by atoms with Gasteiger partial charge in [-0.2, -0.15) is 0 Å². The van der Waals surface area contributed by atoms with Gasteiger partial charge in [-0.25, -0.2) is 9.97 Å². The summed E-state index contributed by atoms with van der Waals surface area (Å²) < 4.78 is 5.38. The highest BCUT2D eigenvalue weighted by Gasteiger charge is 2.26. The van der Waals surface area contributed by atoms with Crippen LogP contribution in [0.15, 0.2) is 6.07 Å². The molecule has 0 aromatic carbocycles. The summed E-state index contributed by atoms with van der Waals surface area (Å²) in [6.45, 7) is 6.31. The first-order valence-corrected chi connectivity index (χ1v) is 6.53. The van der Waals surface area contributed by atoms with Gasteiger partial charge in [0.05, 0.1) is 0 Å². The van der Waals surface area contributed by atoms with E-state index in [4.69, 9.17) is 4.74 Å². The van der Waals surface area contributed by atoms with E-state index in [1.807, 2.05) is 6.92 Å². The number of rotatable bonds is 7. The minimum absolute atomic E-state index is 0.512. The average molecular weight is 235 g/mol. The van der Waals surface area contributed by atoms with E-state index in [2.05, 4.69) is 28.3 Å². The summed E-state index contributed by atoms with van der Waals surface area (Å²) in [6.07, 6.45) is 3.63. The van der Waals surface area contributed by atoms with Crippen molar-refractivity contribution in [3.05, 3.63) is 17.6 Å². The Kier molecular flexibility index (Phi) is 4.31. The number of anilines is 1. The van der Waals surface area contributed by atoms with Gasteiger partial charge in [-0.1, -0.05) is 6.92 Å². The Morgan fingerprint density at radius 1 is 1.35 bits per heavy atom. The van der Waals surface area contributed by atoms with E-state index in [1.165, 1.54) is 18.5 Å². The number of hydrogen-bond acceptors (Lipinski definition) is 4. The third kappa shape index (κ3) is 3.66. The number of nitrogens with zero attached hydrogens (tertiary/aromatic N) is 2. The minimum Gasteiger partial charge on any atom is -0.374 e. The molecule has 1 aliphatic rings. The highest BCUT2D eigenvalue weighted by Crippen LogP contribution is 2.39. The van der Waals surface area contributed by atoms with Gasteiger partial charge in [-0.3, -0.25) is 0 Å². The van der Waals surface area contributed by atoms with Crippen LogP contribution in [0.25, 0.3) is 0 Å². The van der Waals surface area contributed by atoms with Crippen molar-refractivity contribution in [2.45, 2.75) is 45.6 Å². The molecule has 0 atom stereocenters. The summed E-state index contributed by atoms with van der Waals surface area (Å²) in [4.78, 5) is 9.04. The van der Waals surface area contributed by atoms with E-state index < -0.39 is 0 Å². The van der Waals surface area contributed by atoms with Gasteiger partial charge in [0.25, 0.3) is 0 Å². The maximum Gasteiger partial charge on any atom is 0.156 e. The molecule has 1 heterocycles. The van der Waals surface area contributed by atoms with Gasteiger partial charge in [0.1, 0.15) is 12.4 Å². The van der Waals surface area contributed by atoms with Crippen LogP contribution in [0.3, 0.4) is 0 Å². The minimum atomic E-state index is 0.512. The summed E-state index contributed by atoms with van der Waals surface area (Å²) >= 11 is 0. The Labute approximate surface area is 103 Å². The fraction of sp³-hybridized carbons (Fsp3) is 0.692. The molecular formula is C13H21N3O. The van der Waals surface area contributed by atoms with E-state index in [9.17, 15) is 0 Å². The first-order valence-electron chi connectivity index (χ1n) is 6.53. The lowest BCUT2D eigenvalue weighted by atomic mass is 10.2. The molecule has 0 saturated heterocycles. The van der Waals surface area contributed by atoms with Gasteiger partial charge in [0.15, 0.2) is 5.82 Å². The second-order valence-electron chi connectivity index (χ2n) is 4.43. The molecule has 4 heteroatoms. The largest absolute Gasteiger partial charge is 0.374 e. The fourth-order valence-corrected chi connectivity index (χ4v) is 1.71. The van der Waals surface area contributed by atoms with Crippen LogP contribution in [0, 0.1) is 0 Å². The molecule has 1 aromatic rings. The second kappa shape index (κ2) is 5.96. The van der Waals surface area contributed by atoms with Gasteiger partial charge < -0.3 is 10.1 Å². The molecule has 0 radical (unpaired) electrons. The number of ether oxygens (including phenoxy) is 1. The van der Waals surface area contributed by atoms with E-state index in [0.717, 1.165) is 24.6 Å². The molecule has 1 fully saturated rings. The molecule has 94 valence electrons. The van der Waals surface area contributed by atoms with Crippen LogP contribution in [0.4, 0.5) is 5.82 Å². The van der Waals surface area contributed by atoms with E-state index in [0.29, 0.717) is 19.1 Å². The Morgan fingerprint density at radius 2 is 2.18 bits per heavy atom. The summed E-state index contributed by atoms with van der Waals surface area (Å²) in [5.41, 5.74) is 1.17. The summed E-state index contributed by atoms with van der Waals surface area (Å²) in [7, 11) is 0. The monoisotopic (exact) mass is 235 g/mol. The van der Waals surface area contributed by atoms with Crippen LogP contribution in [-0.4, -0.2) is 23.1 Å². The maximum absolute atomic E-state index is 5.38. The number of aromatic nitrogens is 2. The first-order chi connectivity index (χ1) is 8.33. The standard InChI is InChI=1S/C13H21N3O/c1-3-7-14-12-8-11(10-5-6-10)15-13(16-12)9-17-4-2/h8,10H,3-7,9H2,1-2H3,(H,14,15,16). The van der Waals surface area contributed by atoms with Crippen LogP contribution in [0.2, 0.25) is 0 Å². The lowest BCUT2D eigenvalue weighted by Gasteiger charge is -2.09. The molecule has 0 aliphatic heterocycles. The fourth-order valence-electron chi connectivity index (χ4n) is 1.71. The van der Waals surface area contributed by atoms with Crippen molar-refractivity contribution < 1.29 is 4.74 Å². The lowest BCUT2D eigenvalue weighted by Crippen LogP contribution is -2.08. The smallest absolute Gasteiger partial charge is 0.156 e. The molecule has 1 aliphatic carbocycles. The van der Waals surface area contributed by atoms with Crippen molar-refractivity contribution in [3.63, 3.8) is 0 Å². The average Bonchev–Trinajstić information content (AvgIpc) is 3.18. The summed E-state index contributed by atoms with van der Waals surface area (Å²) in [6, 6.07) is 2.09. The Morgan fingerprint density at radius 3 is 2.82 bits per heavy atom. The highest BCUT2D eigenvalue weighted by molar-refractivity contribution is 5.38. The molecule has 2 rings (SSSR count). The zero-order valence-corrected chi connectivity index (χ0v) is 10.7. The van der Waals surface area contributed by atoms with Crippen molar-refractivity contribution in [3.8, 4) is 0 Å². The van der Waals surface area contributed by atoms with E-state index >= 15 is 0 Å². The van der Waals surface area contributed by atoms with E-state index in [1.54, 1.807) is 0 Å². The van der Waals surface area contributed by atoms with Gasteiger partial charge in [0.2, 0.25) is 0 Å². The van der Waals surface area contributed by atoms with Crippen molar-refractivity contribution in [2.75, 3.05) is 18.5 Å². The molecule has 0 bridgehead atoms. The van der Waals surface area contributed by atoms with Crippen molar-refractivity contribution in [2.24, 2.45) is 0 Å². The van der Waals surface area contributed by atoms with Crippen LogP contribution < -0.4 is 5.32 Å². The SMILES string of the molecule is CCCNc1cc(C2CC2)nc(COCC)n1. The predicted molar refractivity (Wildman–Crippen MR) is 68.1 cm³/mol. The molecule has 17 heavy (non-hydrogen) atoms. The third-order valence-corrected chi connectivity index (χ3v) is 2.78. The quantitative estimate of drug-likeness (QED) is 0.789. The summed E-state index contributed by atoms with van der Waals surface area (Å²) in [5.74, 6) is 2.40. The zero-order valence-electron chi connectivity index (χ0n) is 10.7. The van der Waals surface area contributed by atoms with Crippen LogP contribution >= 0.6 is 0 Å². The Hall–Kier alpha value is -1.16. The molecule has 4 nitrogen and oxygen atoms in total. The van der Waals surface area contributed by atoms with Crippen molar-refractivity contribution in [1.82, 2.24) is 9.97 Å². The lowest BCUT2D eigenvalue weighted by molar-refractivity contribution is 0.128. The number of hydrogen-bond donors (Lipinski definition) is 1. The molecule has 0 spiro atoms. The molecule has 0 unspecified atom stereocenters. The molecular weight excluding hydrogens is 214 g/mol. The predicted octanol–water partition coefficient (Wildman–Crippen LogP) is 2.71. The van der Waals surface area contributed by atoms with Gasteiger partial charge >= 0.3 is 0 Å². The van der Waals surface area contributed by atoms with E-state index in [-0.39, 0.29) is 0 Å². The van der Waals surface area contributed by atoms with Gasteiger partial charge in [0, 0.05) is 30.8 Å². The first kappa shape index (κ1) is 12.3. The molecule has 1 aromatic heterocycles.